The topological polar surface area (TPSA) is 54.8 Å². The third-order valence-corrected chi connectivity index (χ3v) is 3.93. The Morgan fingerprint density at radius 2 is 1.64 bits per heavy atom. The Morgan fingerprint density at radius 1 is 1.00 bits per heavy atom. The molecular formula is C19H25N3O3. The van der Waals surface area contributed by atoms with Crippen LogP contribution in [-0.4, -0.2) is 67.1 Å². The Morgan fingerprint density at radius 3 is 2.20 bits per heavy atom. The molecule has 6 heteroatoms. The van der Waals surface area contributed by atoms with Crippen molar-refractivity contribution < 1.29 is 14.3 Å². The highest BCUT2D eigenvalue weighted by Gasteiger charge is 2.17. The van der Waals surface area contributed by atoms with Crippen LogP contribution in [0.25, 0.3) is 5.69 Å². The molecule has 0 aliphatic heterocycles. The summed E-state index contributed by atoms with van der Waals surface area (Å²) in [4.78, 5) is 27.9. The maximum Gasteiger partial charge on any atom is 0.307 e. The molecule has 0 unspecified atom stereocenters. The van der Waals surface area contributed by atoms with E-state index in [0.717, 1.165) is 12.2 Å². The van der Waals surface area contributed by atoms with Gasteiger partial charge >= 0.3 is 5.97 Å². The van der Waals surface area contributed by atoms with Crippen molar-refractivity contribution in [2.75, 3.05) is 40.8 Å². The molecule has 1 heterocycles. The fraction of sp³-hybridized carbons (Fsp3) is 0.368. The summed E-state index contributed by atoms with van der Waals surface area (Å²) in [5, 5.41) is 0. The van der Waals surface area contributed by atoms with Crippen molar-refractivity contribution in [3.63, 3.8) is 0 Å². The number of aromatic nitrogens is 1. The van der Waals surface area contributed by atoms with E-state index >= 15 is 0 Å². The Kier molecular flexibility index (Phi) is 6.77. The zero-order valence-electron chi connectivity index (χ0n) is 15.0. The monoisotopic (exact) mass is 343 g/mol. The predicted molar refractivity (Wildman–Crippen MR) is 96.9 cm³/mol. The van der Waals surface area contributed by atoms with E-state index in [-0.39, 0.29) is 18.3 Å². The smallest absolute Gasteiger partial charge is 0.307 e. The van der Waals surface area contributed by atoms with E-state index in [0.29, 0.717) is 18.7 Å². The van der Waals surface area contributed by atoms with Crippen LogP contribution in [0.15, 0.2) is 48.8 Å². The van der Waals surface area contributed by atoms with Crippen LogP contribution < -0.4 is 0 Å². The van der Waals surface area contributed by atoms with Crippen molar-refractivity contribution in [1.82, 2.24) is 14.4 Å². The predicted octanol–water partition coefficient (Wildman–Crippen LogP) is 2.04. The number of hydrogen-bond acceptors (Lipinski definition) is 4. The molecule has 2 aromatic rings. The summed E-state index contributed by atoms with van der Waals surface area (Å²) in [5.41, 5.74) is 1.61. The Hall–Kier alpha value is -2.60. The molecule has 134 valence electrons. The van der Waals surface area contributed by atoms with Crippen molar-refractivity contribution in [3.05, 3.63) is 54.4 Å². The van der Waals surface area contributed by atoms with Gasteiger partial charge in [-0.1, -0.05) is 0 Å². The van der Waals surface area contributed by atoms with Crippen LogP contribution in [0.3, 0.4) is 0 Å². The van der Waals surface area contributed by atoms with Gasteiger partial charge in [0.15, 0.2) is 0 Å². The second-order valence-electron chi connectivity index (χ2n) is 6.06. The first-order valence-electron chi connectivity index (χ1n) is 8.25. The number of amides is 1. The van der Waals surface area contributed by atoms with Gasteiger partial charge in [-0.15, -0.1) is 0 Å². The number of hydrogen-bond donors (Lipinski definition) is 0. The largest absolute Gasteiger partial charge is 0.469 e. The Bertz CT molecular complexity index is 678. The standard InChI is InChI=1S/C19H25N3O3/c1-20(2)14-15-22(13-10-18(23)25-3)19(24)16-6-8-17(9-7-16)21-11-4-5-12-21/h4-9,11-12H,10,13-15H2,1-3H3. The number of methoxy groups -OCH3 is 1. The number of esters is 1. The first kappa shape index (κ1) is 18.7. The molecule has 0 aliphatic rings. The fourth-order valence-corrected chi connectivity index (χ4v) is 2.43. The quantitative estimate of drug-likeness (QED) is 0.689. The summed E-state index contributed by atoms with van der Waals surface area (Å²) < 4.78 is 6.66. The van der Waals surface area contributed by atoms with Gasteiger partial charge in [-0.3, -0.25) is 9.59 Å². The van der Waals surface area contributed by atoms with E-state index in [1.807, 2.05) is 72.4 Å². The minimum Gasteiger partial charge on any atom is -0.469 e. The molecule has 6 nitrogen and oxygen atoms in total. The van der Waals surface area contributed by atoms with Crippen LogP contribution in [0.1, 0.15) is 16.8 Å². The van der Waals surface area contributed by atoms with Crippen LogP contribution in [0, 0.1) is 0 Å². The average Bonchev–Trinajstić information content (AvgIpc) is 3.15. The zero-order chi connectivity index (χ0) is 18.2. The van der Waals surface area contributed by atoms with E-state index in [9.17, 15) is 9.59 Å². The molecule has 25 heavy (non-hydrogen) atoms. The second-order valence-corrected chi connectivity index (χ2v) is 6.06. The minimum absolute atomic E-state index is 0.0789. The summed E-state index contributed by atoms with van der Waals surface area (Å²) in [5.74, 6) is -0.393. The lowest BCUT2D eigenvalue weighted by Crippen LogP contribution is -2.38. The van der Waals surface area contributed by atoms with E-state index < -0.39 is 0 Å². The molecule has 0 spiro atoms. The summed E-state index contributed by atoms with van der Waals surface area (Å²) in [6.07, 6.45) is 4.10. The van der Waals surface area contributed by atoms with Crippen LogP contribution in [0.4, 0.5) is 0 Å². The Balaban J connectivity index is 2.09. The van der Waals surface area contributed by atoms with Crippen molar-refractivity contribution in [2.45, 2.75) is 6.42 Å². The number of nitrogens with zero attached hydrogens (tertiary/aromatic N) is 3. The first-order chi connectivity index (χ1) is 12.0. The van der Waals surface area contributed by atoms with Gasteiger partial charge < -0.3 is 19.1 Å². The van der Waals surface area contributed by atoms with Crippen molar-refractivity contribution in [3.8, 4) is 5.69 Å². The normalized spacial score (nSPS) is 10.7. The van der Waals surface area contributed by atoms with Gasteiger partial charge in [-0.2, -0.15) is 0 Å². The molecule has 0 radical (unpaired) electrons. The van der Waals surface area contributed by atoms with Gasteiger partial charge in [0.05, 0.1) is 13.5 Å². The van der Waals surface area contributed by atoms with Gasteiger partial charge in [0.2, 0.25) is 0 Å². The lowest BCUT2D eigenvalue weighted by Gasteiger charge is -2.24. The maximum atomic E-state index is 12.8. The summed E-state index contributed by atoms with van der Waals surface area (Å²) in [6.45, 7) is 1.63. The molecule has 0 bridgehead atoms. The van der Waals surface area contributed by atoms with Crippen LogP contribution >= 0.6 is 0 Å². The molecule has 2 rings (SSSR count). The van der Waals surface area contributed by atoms with Crippen LogP contribution in [0.5, 0.6) is 0 Å². The molecule has 0 N–H and O–H groups in total. The molecular weight excluding hydrogens is 318 g/mol. The lowest BCUT2D eigenvalue weighted by atomic mass is 10.1. The molecule has 1 amide bonds. The van der Waals surface area contributed by atoms with E-state index in [4.69, 9.17) is 0 Å². The molecule has 0 atom stereocenters. The van der Waals surface area contributed by atoms with Gasteiger partial charge in [-0.05, 0) is 50.5 Å². The van der Waals surface area contributed by atoms with Crippen LogP contribution in [0.2, 0.25) is 0 Å². The number of carbonyl (C=O) groups is 2. The average molecular weight is 343 g/mol. The molecule has 0 saturated heterocycles. The van der Waals surface area contributed by atoms with Gasteiger partial charge in [-0.25, -0.2) is 0 Å². The van der Waals surface area contributed by atoms with E-state index in [2.05, 4.69) is 4.74 Å². The van der Waals surface area contributed by atoms with E-state index in [1.165, 1.54) is 7.11 Å². The molecule has 0 fully saturated rings. The number of likely N-dealkylation sites (N-methyl/N-ethyl adjacent to an activating group) is 1. The second kappa shape index (κ2) is 9.03. The number of ether oxygens (including phenoxy) is 1. The van der Waals surface area contributed by atoms with Crippen molar-refractivity contribution >= 4 is 11.9 Å². The fourth-order valence-electron chi connectivity index (χ4n) is 2.43. The number of carbonyl (C=O) groups excluding carboxylic acids is 2. The summed E-state index contributed by atoms with van der Waals surface area (Å²) >= 11 is 0. The highest BCUT2D eigenvalue weighted by atomic mass is 16.5. The number of rotatable bonds is 8. The highest BCUT2D eigenvalue weighted by molar-refractivity contribution is 5.94. The molecule has 0 saturated carbocycles. The van der Waals surface area contributed by atoms with Crippen LogP contribution in [-0.2, 0) is 9.53 Å². The van der Waals surface area contributed by atoms with Crippen molar-refractivity contribution in [1.29, 1.82) is 0 Å². The molecule has 0 aliphatic carbocycles. The zero-order valence-corrected chi connectivity index (χ0v) is 15.0. The third kappa shape index (κ3) is 5.46. The maximum absolute atomic E-state index is 12.8. The third-order valence-electron chi connectivity index (χ3n) is 3.93. The molecule has 1 aromatic heterocycles. The SMILES string of the molecule is COC(=O)CCN(CCN(C)C)C(=O)c1ccc(-n2cccc2)cc1. The summed E-state index contributed by atoms with van der Waals surface area (Å²) in [6, 6.07) is 11.4. The highest BCUT2D eigenvalue weighted by Crippen LogP contribution is 2.12. The van der Waals surface area contributed by atoms with Gasteiger partial charge in [0.1, 0.15) is 0 Å². The number of benzene rings is 1. The van der Waals surface area contributed by atoms with Gasteiger partial charge in [0.25, 0.3) is 5.91 Å². The van der Waals surface area contributed by atoms with E-state index in [1.54, 1.807) is 4.90 Å². The molecule has 1 aromatic carbocycles. The minimum atomic E-state index is -0.314. The summed E-state index contributed by atoms with van der Waals surface area (Å²) in [7, 11) is 5.26. The van der Waals surface area contributed by atoms with Gasteiger partial charge in [0, 0.05) is 43.3 Å². The van der Waals surface area contributed by atoms with Crippen molar-refractivity contribution in [2.24, 2.45) is 0 Å². The Labute approximate surface area is 148 Å². The first-order valence-corrected chi connectivity index (χ1v) is 8.25. The lowest BCUT2D eigenvalue weighted by molar-refractivity contribution is -0.140.